The molecule has 1 aromatic heterocycles. The van der Waals surface area contributed by atoms with Crippen LogP contribution in [0.3, 0.4) is 0 Å². The van der Waals surface area contributed by atoms with Gasteiger partial charge in [-0.25, -0.2) is 0 Å². The first-order chi connectivity index (χ1) is 11.0. The van der Waals surface area contributed by atoms with Gasteiger partial charge in [0.25, 0.3) is 0 Å². The average molecular weight is 333 g/mol. The zero-order valence-electron chi connectivity index (χ0n) is 13.4. The molecule has 1 saturated heterocycles. The van der Waals surface area contributed by atoms with E-state index in [1.54, 1.807) is 6.20 Å². The number of carboxylic acid groups (broad SMARTS) is 1. The number of rotatable bonds is 3. The van der Waals surface area contributed by atoms with Crippen molar-refractivity contribution in [3.63, 3.8) is 0 Å². The van der Waals surface area contributed by atoms with Crippen molar-refractivity contribution in [1.82, 2.24) is 9.88 Å². The molecule has 4 nitrogen and oxygen atoms in total. The fourth-order valence-electron chi connectivity index (χ4n) is 3.66. The maximum atomic E-state index is 11.3. The van der Waals surface area contributed by atoms with E-state index in [-0.39, 0.29) is 18.0 Å². The molecule has 0 radical (unpaired) electrons. The van der Waals surface area contributed by atoms with Crippen LogP contribution in [0.5, 0.6) is 0 Å². The number of likely N-dealkylation sites (tertiary alicyclic amines) is 1. The third kappa shape index (κ3) is 3.19. The number of piperidine rings is 1. The molecule has 2 aromatic rings. The largest absolute Gasteiger partial charge is 0.481 e. The fraction of sp³-hybridized carbons (Fsp3) is 0.444. The molecule has 0 aliphatic carbocycles. The van der Waals surface area contributed by atoms with Crippen molar-refractivity contribution in [3.05, 3.63) is 41.0 Å². The Kier molecular flexibility index (Phi) is 4.55. The maximum absolute atomic E-state index is 11.3. The van der Waals surface area contributed by atoms with Gasteiger partial charge in [-0.1, -0.05) is 17.7 Å². The number of aliphatic carboxylic acids is 1. The Balaban J connectivity index is 1.88. The molecule has 2 heterocycles. The van der Waals surface area contributed by atoms with Gasteiger partial charge in [-0.2, -0.15) is 0 Å². The van der Waals surface area contributed by atoms with Crippen LogP contribution in [0.25, 0.3) is 10.9 Å². The molecular formula is C18H21ClN2O2. The van der Waals surface area contributed by atoms with E-state index in [1.807, 2.05) is 24.3 Å². The Morgan fingerprint density at radius 3 is 2.65 bits per heavy atom. The van der Waals surface area contributed by atoms with Gasteiger partial charge in [0, 0.05) is 35.2 Å². The van der Waals surface area contributed by atoms with Crippen LogP contribution in [0.15, 0.2) is 30.5 Å². The van der Waals surface area contributed by atoms with Gasteiger partial charge in [-0.15, -0.1) is 0 Å². The number of hydrogen-bond acceptors (Lipinski definition) is 3. The van der Waals surface area contributed by atoms with E-state index in [0.29, 0.717) is 17.9 Å². The number of nitrogens with zero attached hydrogens (tertiary/aromatic N) is 2. The van der Waals surface area contributed by atoms with Crippen molar-refractivity contribution >= 4 is 28.5 Å². The summed E-state index contributed by atoms with van der Waals surface area (Å²) >= 11 is 6.26. The van der Waals surface area contributed by atoms with Crippen LogP contribution in [0.4, 0.5) is 0 Å². The summed E-state index contributed by atoms with van der Waals surface area (Å²) in [5.74, 6) is -0.918. The molecule has 2 unspecified atom stereocenters. The summed E-state index contributed by atoms with van der Waals surface area (Å²) in [6.45, 7) is 4.98. The molecule has 2 atom stereocenters. The molecule has 1 aliphatic rings. The second-order valence-electron chi connectivity index (χ2n) is 6.48. The molecular weight excluding hydrogens is 312 g/mol. The first-order valence-electron chi connectivity index (χ1n) is 7.98. The van der Waals surface area contributed by atoms with Gasteiger partial charge in [0.05, 0.1) is 11.4 Å². The first-order valence-corrected chi connectivity index (χ1v) is 8.36. The highest BCUT2D eigenvalue weighted by atomic mass is 35.5. The molecule has 1 aliphatic heterocycles. The minimum Gasteiger partial charge on any atom is -0.481 e. The van der Waals surface area contributed by atoms with Gasteiger partial charge in [0.2, 0.25) is 0 Å². The number of pyridine rings is 1. The lowest BCUT2D eigenvalue weighted by atomic mass is 9.87. The van der Waals surface area contributed by atoms with Gasteiger partial charge in [0.15, 0.2) is 0 Å². The molecule has 0 spiro atoms. The van der Waals surface area contributed by atoms with Crippen LogP contribution in [0.2, 0.25) is 5.02 Å². The highest BCUT2D eigenvalue weighted by Gasteiger charge is 2.34. The minimum atomic E-state index is -0.679. The Hall–Kier alpha value is -1.65. The van der Waals surface area contributed by atoms with E-state index in [1.165, 1.54) is 0 Å². The van der Waals surface area contributed by atoms with Crippen LogP contribution in [0, 0.1) is 5.92 Å². The van der Waals surface area contributed by atoms with Crippen molar-refractivity contribution in [2.24, 2.45) is 5.92 Å². The highest BCUT2D eigenvalue weighted by molar-refractivity contribution is 6.35. The van der Waals surface area contributed by atoms with Gasteiger partial charge < -0.3 is 5.11 Å². The van der Waals surface area contributed by atoms with Crippen molar-refractivity contribution in [2.75, 3.05) is 0 Å². The molecule has 23 heavy (non-hydrogen) atoms. The molecule has 1 aromatic carbocycles. The van der Waals surface area contributed by atoms with Crippen molar-refractivity contribution in [3.8, 4) is 0 Å². The van der Waals surface area contributed by atoms with Crippen molar-refractivity contribution in [2.45, 2.75) is 45.3 Å². The molecule has 1 fully saturated rings. The molecule has 5 heteroatoms. The summed E-state index contributed by atoms with van der Waals surface area (Å²) < 4.78 is 0. The Bertz CT molecular complexity index is 722. The molecule has 122 valence electrons. The van der Waals surface area contributed by atoms with E-state index >= 15 is 0 Å². The number of hydrogen-bond donors (Lipinski definition) is 1. The summed E-state index contributed by atoms with van der Waals surface area (Å²) in [5.41, 5.74) is 2.07. The van der Waals surface area contributed by atoms with E-state index < -0.39 is 5.97 Å². The lowest BCUT2D eigenvalue weighted by Gasteiger charge is -2.41. The summed E-state index contributed by atoms with van der Waals surface area (Å²) in [5, 5.41) is 11.0. The van der Waals surface area contributed by atoms with Crippen LogP contribution in [-0.2, 0) is 11.3 Å². The second-order valence-corrected chi connectivity index (χ2v) is 6.89. The Morgan fingerprint density at radius 1 is 1.30 bits per heavy atom. The van der Waals surface area contributed by atoms with Gasteiger partial charge >= 0.3 is 5.97 Å². The number of aromatic nitrogens is 1. The highest BCUT2D eigenvalue weighted by Crippen LogP contribution is 2.31. The third-order valence-corrected chi connectivity index (χ3v) is 5.22. The maximum Gasteiger partial charge on any atom is 0.306 e. The molecule has 0 bridgehead atoms. The van der Waals surface area contributed by atoms with E-state index in [0.717, 1.165) is 23.0 Å². The number of fused-ring (bicyclic) bond motifs is 1. The minimum absolute atomic E-state index is 0.231. The molecule has 0 amide bonds. The summed E-state index contributed by atoms with van der Waals surface area (Å²) in [7, 11) is 0. The smallest absolute Gasteiger partial charge is 0.306 e. The van der Waals surface area contributed by atoms with Crippen molar-refractivity contribution < 1.29 is 9.90 Å². The zero-order valence-corrected chi connectivity index (χ0v) is 14.1. The lowest BCUT2D eigenvalue weighted by Crippen LogP contribution is -2.47. The monoisotopic (exact) mass is 332 g/mol. The number of carboxylic acids is 1. The lowest BCUT2D eigenvalue weighted by molar-refractivity contribution is -0.145. The Morgan fingerprint density at radius 2 is 2.00 bits per heavy atom. The van der Waals surface area contributed by atoms with E-state index in [4.69, 9.17) is 11.6 Å². The van der Waals surface area contributed by atoms with Gasteiger partial charge in [-0.3, -0.25) is 14.7 Å². The predicted octanol–water partition coefficient (Wildman–Crippen LogP) is 3.96. The van der Waals surface area contributed by atoms with Crippen LogP contribution < -0.4 is 0 Å². The molecule has 1 N–H and O–H groups in total. The van der Waals surface area contributed by atoms with Crippen molar-refractivity contribution in [1.29, 1.82) is 0 Å². The number of benzene rings is 1. The van der Waals surface area contributed by atoms with Gasteiger partial charge in [0.1, 0.15) is 0 Å². The molecule has 3 rings (SSSR count). The van der Waals surface area contributed by atoms with Crippen LogP contribution >= 0.6 is 11.6 Å². The fourth-order valence-corrected chi connectivity index (χ4v) is 3.87. The summed E-state index contributed by atoms with van der Waals surface area (Å²) in [6.07, 6.45) is 3.17. The van der Waals surface area contributed by atoms with E-state index in [2.05, 4.69) is 23.7 Å². The topological polar surface area (TPSA) is 53.4 Å². The quantitative estimate of drug-likeness (QED) is 0.924. The van der Waals surface area contributed by atoms with E-state index in [9.17, 15) is 9.90 Å². The molecule has 0 saturated carbocycles. The standard InChI is InChI=1S/C18H21ClN2O2/c1-11-8-14(18(22)23)9-12(2)21(11)10-13-5-6-16(19)15-4-3-7-20-17(13)15/h3-7,11-12,14H,8-10H2,1-2H3,(H,22,23). The third-order valence-electron chi connectivity index (χ3n) is 4.89. The summed E-state index contributed by atoms with van der Waals surface area (Å²) in [4.78, 5) is 18.1. The van der Waals surface area contributed by atoms with Gasteiger partial charge in [-0.05, 0) is 50.5 Å². The first kappa shape index (κ1) is 16.2. The predicted molar refractivity (Wildman–Crippen MR) is 91.6 cm³/mol. The second kappa shape index (κ2) is 6.46. The average Bonchev–Trinajstić information content (AvgIpc) is 2.53. The number of halogens is 1. The Labute approximate surface area is 141 Å². The summed E-state index contributed by atoms with van der Waals surface area (Å²) in [6, 6.07) is 8.28. The SMILES string of the molecule is CC1CC(C(=O)O)CC(C)N1Cc1ccc(Cl)c2cccnc12. The number of carbonyl (C=O) groups is 1. The normalized spacial score (nSPS) is 25.6. The van der Waals surface area contributed by atoms with Crippen LogP contribution in [-0.4, -0.2) is 33.0 Å². The van der Waals surface area contributed by atoms with Crippen LogP contribution in [0.1, 0.15) is 32.3 Å². The zero-order chi connectivity index (χ0) is 16.6.